The number of methoxy groups -OCH3 is 2. The van der Waals surface area contributed by atoms with Gasteiger partial charge in [0.15, 0.2) is 0 Å². The molecule has 0 saturated carbocycles. The Morgan fingerprint density at radius 1 is 1.03 bits per heavy atom. The predicted octanol–water partition coefficient (Wildman–Crippen LogP) is 4.56. The van der Waals surface area contributed by atoms with E-state index >= 15 is 0 Å². The molecule has 0 atom stereocenters. The quantitative estimate of drug-likeness (QED) is 0.360. The van der Waals surface area contributed by atoms with Crippen molar-refractivity contribution in [2.45, 2.75) is 13.8 Å². The molecule has 2 heterocycles. The van der Waals surface area contributed by atoms with Crippen molar-refractivity contribution >= 4 is 46.5 Å². The highest BCUT2D eigenvalue weighted by Crippen LogP contribution is 2.34. The van der Waals surface area contributed by atoms with Gasteiger partial charge < -0.3 is 19.4 Å². The molecule has 0 bridgehead atoms. The number of ether oxygens (including phenoxy) is 2. The molecule has 10 heteroatoms. The largest absolute Gasteiger partial charge is 0.497 e. The van der Waals surface area contributed by atoms with Crippen LogP contribution in [0.1, 0.15) is 27.3 Å². The third-order valence-corrected chi connectivity index (χ3v) is 6.76. The molecule has 2 aromatic carbocycles. The SMILES string of the molecule is COC(=O)c1ccccc1-n1c(C)cc(/C=C2/SC(=O)N(CC(=O)Nc3ccc(OC)cc3)C2=O)c1C. The van der Waals surface area contributed by atoms with Crippen molar-refractivity contribution in [3.8, 4) is 11.4 Å². The first kappa shape index (κ1) is 25.8. The minimum Gasteiger partial charge on any atom is -0.497 e. The highest BCUT2D eigenvalue weighted by molar-refractivity contribution is 8.18. The van der Waals surface area contributed by atoms with E-state index in [1.54, 1.807) is 49.6 Å². The molecule has 0 spiro atoms. The maximum atomic E-state index is 13.0. The van der Waals surface area contributed by atoms with E-state index < -0.39 is 29.6 Å². The average molecular weight is 520 g/mol. The molecular weight excluding hydrogens is 494 g/mol. The first-order valence-electron chi connectivity index (χ1n) is 11.3. The van der Waals surface area contributed by atoms with Crippen LogP contribution >= 0.6 is 11.8 Å². The Morgan fingerprint density at radius 3 is 2.41 bits per heavy atom. The van der Waals surface area contributed by atoms with Crippen molar-refractivity contribution < 1.29 is 28.7 Å². The lowest BCUT2D eigenvalue weighted by Crippen LogP contribution is -2.36. The zero-order chi connectivity index (χ0) is 26.7. The van der Waals surface area contributed by atoms with Crippen LogP contribution in [-0.2, 0) is 14.3 Å². The highest BCUT2D eigenvalue weighted by Gasteiger charge is 2.36. The Bertz CT molecular complexity index is 1420. The van der Waals surface area contributed by atoms with E-state index in [0.717, 1.165) is 28.0 Å². The second-order valence-electron chi connectivity index (χ2n) is 8.22. The van der Waals surface area contributed by atoms with Gasteiger partial charge in [0, 0.05) is 17.1 Å². The summed E-state index contributed by atoms with van der Waals surface area (Å²) in [6.45, 7) is 3.34. The molecule has 0 unspecified atom stereocenters. The average Bonchev–Trinajstić information content (AvgIpc) is 3.32. The fourth-order valence-corrected chi connectivity index (χ4v) is 4.88. The molecule has 3 aromatic rings. The molecule has 3 amide bonds. The van der Waals surface area contributed by atoms with Gasteiger partial charge in [-0.15, -0.1) is 0 Å². The van der Waals surface area contributed by atoms with E-state index in [-0.39, 0.29) is 4.91 Å². The monoisotopic (exact) mass is 519 g/mol. The van der Waals surface area contributed by atoms with E-state index in [1.165, 1.54) is 7.11 Å². The van der Waals surface area contributed by atoms with Crippen LogP contribution in [0.2, 0.25) is 0 Å². The summed E-state index contributed by atoms with van der Waals surface area (Å²) in [4.78, 5) is 51.5. The van der Waals surface area contributed by atoms with Gasteiger partial charge in [0.05, 0.1) is 30.4 Å². The van der Waals surface area contributed by atoms with Gasteiger partial charge in [-0.3, -0.25) is 19.3 Å². The lowest BCUT2D eigenvalue weighted by Gasteiger charge is -2.13. The first-order valence-corrected chi connectivity index (χ1v) is 12.1. The zero-order valence-electron chi connectivity index (χ0n) is 20.7. The topological polar surface area (TPSA) is 107 Å². The fraction of sp³-hybridized carbons (Fsp3) is 0.185. The second-order valence-corrected chi connectivity index (χ2v) is 9.21. The van der Waals surface area contributed by atoms with Crippen molar-refractivity contribution in [1.82, 2.24) is 9.47 Å². The number of nitrogens with one attached hydrogen (secondary N) is 1. The number of imide groups is 1. The molecule has 37 heavy (non-hydrogen) atoms. The fourth-order valence-electron chi connectivity index (χ4n) is 4.05. The number of carbonyl (C=O) groups excluding carboxylic acids is 4. The van der Waals surface area contributed by atoms with Crippen molar-refractivity contribution in [3.05, 3.63) is 82.0 Å². The number of amides is 3. The highest BCUT2D eigenvalue weighted by atomic mass is 32.2. The molecule has 0 aliphatic carbocycles. The van der Waals surface area contributed by atoms with Crippen LogP contribution in [0.4, 0.5) is 10.5 Å². The van der Waals surface area contributed by atoms with Crippen LogP contribution in [0.3, 0.4) is 0 Å². The number of esters is 1. The Hall–Kier alpha value is -4.31. The van der Waals surface area contributed by atoms with E-state index in [2.05, 4.69) is 5.32 Å². The smallest absolute Gasteiger partial charge is 0.339 e. The number of hydrogen-bond donors (Lipinski definition) is 1. The lowest BCUT2D eigenvalue weighted by molar-refractivity contribution is -0.127. The standard InChI is InChI=1S/C27H25N3O6S/c1-16-13-18(17(2)30(16)22-8-6-5-7-21(22)26(33)36-4)14-23-25(32)29(27(34)37-23)15-24(31)28-19-9-11-20(35-3)12-10-19/h5-14H,15H2,1-4H3,(H,28,31)/b23-14+. The Labute approximate surface area is 218 Å². The minimum atomic E-state index is -0.542. The normalized spacial score (nSPS) is 14.3. The van der Waals surface area contributed by atoms with Gasteiger partial charge in [-0.05, 0) is 79.7 Å². The van der Waals surface area contributed by atoms with Crippen molar-refractivity contribution in [3.63, 3.8) is 0 Å². The van der Waals surface area contributed by atoms with E-state index in [0.29, 0.717) is 28.3 Å². The zero-order valence-corrected chi connectivity index (χ0v) is 21.5. The Morgan fingerprint density at radius 2 is 1.73 bits per heavy atom. The number of nitrogens with zero attached hydrogens (tertiary/aromatic N) is 2. The third-order valence-electron chi connectivity index (χ3n) is 5.86. The van der Waals surface area contributed by atoms with Crippen LogP contribution in [0.15, 0.2) is 59.5 Å². The molecule has 4 rings (SSSR count). The van der Waals surface area contributed by atoms with Gasteiger partial charge in [-0.2, -0.15) is 0 Å². The number of para-hydroxylation sites is 1. The van der Waals surface area contributed by atoms with Gasteiger partial charge in [0.2, 0.25) is 5.91 Å². The number of thioether (sulfide) groups is 1. The molecular formula is C27H25N3O6S. The van der Waals surface area contributed by atoms with Crippen LogP contribution < -0.4 is 10.1 Å². The molecule has 190 valence electrons. The Kier molecular flexibility index (Phi) is 7.49. The van der Waals surface area contributed by atoms with Crippen molar-refractivity contribution in [2.24, 2.45) is 0 Å². The van der Waals surface area contributed by atoms with Gasteiger partial charge in [0.25, 0.3) is 11.1 Å². The summed E-state index contributed by atoms with van der Waals surface area (Å²) in [5.41, 5.74) is 3.89. The molecule has 9 nitrogen and oxygen atoms in total. The third kappa shape index (κ3) is 5.29. The summed E-state index contributed by atoms with van der Waals surface area (Å²) in [6.07, 6.45) is 1.63. The number of benzene rings is 2. The summed E-state index contributed by atoms with van der Waals surface area (Å²) in [7, 11) is 2.87. The molecule has 1 saturated heterocycles. The number of carbonyl (C=O) groups is 4. The minimum absolute atomic E-state index is 0.212. The molecule has 0 radical (unpaired) electrons. The van der Waals surface area contributed by atoms with Crippen molar-refractivity contribution in [2.75, 3.05) is 26.1 Å². The lowest BCUT2D eigenvalue weighted by atomic mass is 10.1. The van der Waals surface area contributed by atoms with E-state index in [4.69, 9.17) is 9.47 Å². The van der Waals surface area contributed by atoms with Crippen molar-refractivity contribution in [1.29, 1.82) is 0 Å². The number of anilines is 1. The number of aromatic nitrogens is 1. The van der Waals surface area contributed by atoms with Gasteiger partial charge in [0.1, 0.15) is 12.3 Å². The van der Waals surface area contributed by atoms with Crippen LogP contribution in [0.5, 0.6) is 5.75 Å². The summed E-state index contributed by atoms with van der Waals surface area (Å²) in [5, 5.41) is 2.15. The van der Waals surface area contributed by atoms with Gasteiger partial charge in [-0.1, -0.05) is 12.1 Å². The summed E-state index contributed by atoms with van der Waals surface area (Å²) in [6, 6.07) is 15.7. The molecule has 1 aromatic heterocycles. The van der Waals surface area contributed by atoms with Crippen LogP contribution in [-0.4, -0.2) is 53.3 Å². The maximum Gasteiger partial charge on any atom is 0.339 e. The summed E-state index contributed by atoms with van der Waals surface area (Å²) in [5.74, 6) is -0.855. The molecule has 1 aliphatic heterocycles. The first-order chi connectivity index (χ1) is 17.7. The predicted molar refractivity (Wildman–Crippen MR) is 141 cm³/mol. The number of aryl methyl sites for hydroxylation is 1. The Balaban J connectivity index is 1.55. The van der Waals surface area contributed by atoms with E-state index in [1.807, 2.05) is 36.6 Å². The molecule has 1 N–H and O–H groups in total. The molecule has 1 aliphatic rings. The maximum absolute atomic E-state index is 13.0. The summed E-state index contributed by atoms with van der Waals surface area (Å²) < 4.78 is 11.9. The number of hydrogen-bond acceptors (Lipinski definition) is 7. The van der Waals surface area contributed by atoms with Gasteiger partial charge in [-0.25, -0.2) is 4.79 Å². The van der Waals surface area contributed by atoms with E-state index in [9.17, 15) is 19.2 Å². The van der Waals surface area contributed by atoms with Gasteiger partial charge >= 0.3 is 5.97 Å². The second kappa shape index (κ2) is 10.8. The summed E-state index contributed by atoms with van der Waals surface area (Å²) >= 11 is 0.780. The van der Waals surface area contributed by atoms with Crippen LogP contribution in [0.25, 0.3) is 11.8 Å². The molecule has 1 fully saturated rings. The number of rotatable bonds is 7. The van der Waals surface area contributed by atoms with Crippen LogP contribution in [0, 0.1) is 13.8 Å².